The highest BCUT2D eigenvalue weighted by molar-refractivity contribution is 5.93. The maximum absolute atomic E-state index is 12.2. The Morgan fingerprint density at radius 2 is 2.13 bits per heavy atom. The summed E-state index contributed by atoms with van der Waals surface area (Å²) < 4.78 is 3.52. The number of aromatic nitrogens is 5. The summed E-state index contributed by atoms with van der Waals surface area (Å²) in [6, 6.07) is 5.30. The number of nitrogens with one attached hydrogen (secondary N) is 1. The van der Waals surface area contributed by atoms with Gasteiger partial charge in [0.25, 0.3) is 0 Å². The van der Waals surface area contributed by atoms with Crippen molar-refractivity contribution in [3.8, 4) is 5.82 Å². The molecule has 0 unspecified atom stereocenters. The third-order valence-electron chi connectivity index (χ3n) is 3.59. The molecule has 3 heterocycles. The van der Waals surface area contributed by atoms with Crippen LogP contribution in [0.5, 0.6) is 0 Å². The van der Waals surface area contributed by atoms with Crippen LogP contribution in [0.4, 0.5) is 5.69 Å². The molecule has 7 heteroatoms. The van der Waals surface area contributed by atoms with Crippen LogP contribution in [0.1, 0.15) is 24.4 Å². The van der Waals surface area contributed by atoms with Crippen LogP contribution in [0.25, 0.3) is 5.82 Å². The van der Waals surface area contributed by atoms with Crippen LogP contribution in [-0.4, -0.2) is 30.2 Å². The molecular weight excluding hydrogens is 292 g/mol. The molecular formula is C16H18N6O. The molecule has 0 saturated carbocycles. The second-order valence-electron chi connectivity index (χ2n) is 5.42. The fraction of sp³-hybridized carbons (Fsp3) is 0.250. The van der Waals surface area contributed by atoms with Crippen molar-refractivity contribution in [3.05, 3.63) is 54.5 Å². The van der Waals surface area contributed by atoms with E-state index in [0.717, 1.165) is 17.2 Å². The van der Waals surface area contributed by atoms with Gasteiger partial charge in [0.2, 0.25) is 5.91 Å². The molecule has 118 valence electrons. The normalized spacial score (nSPS) is 12.1. The minimum atomic E-state index is -0.340. The van der Waals surface area contributed by atoms with E-state index in [1.807, 2.05) is 39.0 Å². The smallest absolute Gasteiger partial charge is 0.247 e. The second kappa shape index (κ2) is 6.04. The van der Waals surface area contributed by atoms with Gasteiger partial charge in [0.1, 0.15) is 6.04 Å². The predicted molar refractivity (Wildman–Crippen MR) is 86.4 cm³/mol. The van der Waals surface area contributed by atoms with Gasteiger partial charge in [0.15, 0.2) is 5.82 Å². The number of carbonyl (C=O) groups excluding carboxylic acids is 1. The number of aryl methyl sites for hydroxylation is 2. The summed E-state index contributed by atoms with van der Waals surface area (Å²) in [4.78, 5) is 20.5. The molecule has 0 aliphatic carbocycles. The summed E-state index contributed by atoms with van der Waals surface area (Å²) in [5.41, 5.74) is 2.60. The Morgan fingerprint density at radius 3 is 2.70 bits per heavy atom. The van der Waals surface area contributed by atoms with Crippen LogP contribution in [0.3, 0.4) is 0 Å². The van der Waals surface area contributed by atoms with E-state index in [4.69, 9.17) is 0 Å². The lowest BCUT2D eigenvalue weighted by atomic mass is 10.3. The first-order valence-electron chi connectivity index (χ1n) is 7.32. The van der Waals surface area contributed by atoms with E-state index in [0.29, 0.717) is 5.69 Å². The van der Waals surface area contributed by atoms with Gasteiger partial charge >= 0.3 is 0 Å². The molecule has 0 bridgehead atoms. The minimum Gasteiger partial charge on any atom is -0.325 e. The number of imidazole rings is 1. The van der Waals surface area contributed by atoms with Gasteiger partial charge in [-0.05, 0) is 39.0 Å². The molecule has 3 aromatic heterocycles. The molecule has 0 aromatic carbocycles. The van der Waals surface area contributed by atoms with Gasteiger partial charge in [-0.3, -0.25) is 4.79 Å². The number of hydrogen-bond acceptors (Lipinski definition) is 4. The minimum absolute atomic E-state index is 0.122. The molecule has 1 atom stereocenters. The fourth-order valence-corrected chi connectivity index (χ4v) is 2.33. The lowest BCUT2D eigenvalue weighted by molar-refractivity contribution is -0.118. The standard InChI is InChI=1S/C16H18N6O/c1-11-8-12(2)22(20-11)15-5-4-14(9-18-15)19-16(23)13(3)21-7-6-17-10-21/h4-10,13H,1-3H3,(H,19,23)/t13-/m0/s1. The Balaban J connectivity index is 1.73. The van der Waals surface area contributed by atoms with Crippen LogP contribution >= 0.6 is 0 Å². The van der Waals surface area contributed by atoms with E-state index in [1.165, 1.54) is 0 Å². The van der Waals surface area contributed by atoms with Crippen LogP contribution in [0, 0.1) is 13.8 Å². The molecule has 3 aromatic rings. The summed E-state index contributed by atoms with van der Waals surface area (Å²) >= 11 is 0. The van der Waals surface area contributed by atoms with Crippen molar-refractivity contribution in [2.45, 2.75) is 26.8 Å². The van der Waals surface area contributed by atoms with Gasteiger partial charge in [-0.25, -0.2) is 14.6 Å². The summed E-state index contributed by atoms with van der Waals surface area (Å²) in [5, 5.41) is 7.24. The lowest BCUT2D eigenvalue weighted by Crippen LogP contribution is -2.23. The third kappa shape index (κ3) is 3.13. The van der Waals surface area contributed by atoms with Crippen molar-refractivity contribution in [2.24, 2.45) is 0 Å². The van der Waals surface area contributed by atoms with Crippen LogP contribution in [0.15, 0.2) is 43.1 Å². The largest absolute Gasteiger partial charge is 0.325 e. The number of carbonyl (C=O) groups is 1. The quantitative estimate of drug-likeness (QED) is 0.802. The number of pyridine rings is 1. The molecule has 3 rings (SSSR count). The lowest BCUT2D eigenvalue weighted by Gasteiger charge is -2.13. The highest BCUT2D eigenvalue weighted by Crippen LogP contribution is 2.14. The first-order valence-corrected chi connectivity index (χ1v) is 7.32. The average Bonchev–Trinajstić information content (AvgIpc) is 3.17. The maximum atomic E-state index is 12.2. The van der Waals surface area contributed by atoms with E-state index >= 15 is 0 Å². The third-order valence-corrected chi connectivity index (χ3v) is 3.59. The molecule has 1 amide bonds. The molecule has 0 aliphatic rings. The second-order valence-corrected chi connectivity index (χ2v) is 5.42. The molecule has 1 N–H and O–H groups in total. The van der Waals surface area contributed by atoms with Crippen molar-refractivity contribution in [3.63, 3.8) is 0 Å². The summed E-state index contributed by atoms with van der Waals surface area (Å²) in [6.07, 6.45) is 6.65. The number of nitrogens with zero attached hydrogens (tertiary/aromatic N) is 5. The van der Waals surface area contributed by atoms with Gasteiger partial charge in [0, 0.05) is 18.1 Å². The summed E-state index contributed by atoms with van der Waals surface area (Å²) in [7, 11) is 0. The van der Waals surface area contributed by atoms with E-state index in [2.05, 4.69) is 20.4 Å². The molecule has 7 nitrogen and oxygen atoms in total. The SMILES string of the molecule is Cc1cc(C)n(-c2ccc(NC(=O)[C@H](C)n3ccnc3)cn2)n1. The molecule has 0 saturated heterocycles. The highest BCUT2D eigenvalue weighted by atomic mass is 16.2. The van der Waals surface area contributed by atoms with E-state index in [1.54, 1.807) is 34.2 Å². The van der Waals surface area contributed by atoms with Crippen molar-refractivity contribution in [1.82, 2.24) is 24.3 Å². The number of rotatable bonds is 4. The Hall–Kier alpha value is -2.96. The molecule has 0 radical (unpaired) electrons. The topological polar surface area (TPSA) is 77.6 Å². The van der Waals surface area contributed by atoms with Crippen molar-refractivity contribution < 1.29 is 4.79 Å². The Bertz CT molecular complexity index is 804. The van der Waals surface area contributed by atoms with Crippen molar-refractivity contribution in [2.75, 3.05) is 5.32 Å². The van der Waals surface area contributed by atoms with Gasteiger partial charge in [-0.1, -0.05) is 0 Å². The van der Waals surface area contributed by atoms with Crippen molar-refractivity contribution >= 4 is 11.6 Å². The Labute approximate surface area is 134 Å². The number of hydrogen-bond donors (Lipinski definition) is 1. The Kier molecular flexibility index (Phi) is 3.92. The number of amides is 1. The molecule has 0 aliphatic heterocycles. The van der Waals surface area contributed by atoms with Crippen molar-refractivity contribution in [1.29, 1.82) is 0 Å². The van der Waals surface area contributed by atoms with Gasteiger partial charge in [0.05, 0.1) is 23.9 Å². The summed E-state index contributed by atoms with van der Waals surface area (Å²) in [6.45, 7) is 5.73. The average molecular weight is 310 g/mol. The zero-order chi connectivity index (χ0) is 16.4. The van der Waals surface area contributed by atoms with Gasteiger partial charge < -0.3 is 9.88 Å². The molecule has 23 heavy (non-hydrogen) atoms. The predicted octanol–water partition coefficient (Wildman–Crippen LogP) is 2.28. The molecule has 0 fully saturated rings. The summed E-state index contributed by atoms with van der Waals surface area (Å²) in [5.74, 6) is 0.597. The monoisotopic (exact) mass is 310 g/mol. The van der Waals surface area contributed by atoms with Gasteiger partial charge in [-0.15, -0.1) is 0 Å². The number of anilines is 1. The van der Waals surface area contributed by atoms with Crippen LogP contribution < -0.4 is 5.32 Å². The molecule has 0 spiro atoms. The maximum Gasteiger partial charge on any atom is 0.247 e. The van der Waals surface area contributed by atoms with Crippen LogP contribution in [0.2, 0.25) is 0 Å². The highest BCUT2D eigenvalue weighted by Gasteiger charge is 2.14. The van der Waals surface area contributed by atoms with Crippen LogP contribution in [-0.2, 0) is 4.79 Å². The van der Waals surface area contributed by atoms with Gasteiger partial charge in [-0.2, -0.15) is 5.10 Å². The fourth-order valence-electron chi connectivity index (χ4n) is 2.33. The first-order chi connectivity index (χ1) is 11.0. The Morgan fingerprint density at radius 1 is 1.30 bits per heavy atom. The zero-order valence-corrected chi connectivity index (χ0v) is 13.3. The zero-order valence-electron chi connectivity index (χ0n) is 13.3. The van der Waals surface area contributed by atoms with E-state index < -0.39 is 0 Å². The first kappa shape index (κ1) is 15.0. The van der Waals surface area contributed by atoms with E-state index in [-0.39, 0.29) is 11.9 Å². The van der Waals surface area contributed by atoms with E-state index in [9.17, 15) is 4.79 Å².